The molecule has 1 aliphatic rings. The molecule has 8 nitrogen and oxygen atoms in total. The minimum atomic E-state index is -0.834. The van der Waals surface area contributed by atoms with Gasteiger partial charge in [0.2, 0.25) is 0 Å². The Hall–Kier alpha value is -4.30. The molecule has 8 heteroatoms. The van der Waals surface area contributed by atoms with Crippen LogP contribution in [-0.4, -0.2) is 65.5 Å². The van der Waals surface area contributed by atoms with Crippen LogP contribution < -0.4 is 9.47 Å². The number of carbonyl (C=O) groups excluding carboxylic acids is 2. The van der Waals surface area contributed by atoms with Gasteiger partial charge in [0, 0.05) is 12.1 Å². The summed E-state index contributed by atoms with van der Waals surface area (Å²) in [6, 6.07) is 18.7. The molecule has 0 radical (unpaired) electrons. The maximum atomic E-state index is 13.3. The fourth-order valence-corrected chi connectivity index (χ4v) is 4.82. The minimum absolute atomic E-state index is 0.00331. The van der Waals surface area contributed by atoms with E-state index in [1.807, 2.05) is 44.1 Å². The van der Waals surface area contributed by atoms with Crippen molar-refractivity contribution in [2.75, 3.05) is 33.8 Å². The fraction of sp³-hybridized carbons (Fsp3) is 0.312. The fourth-order valence-electron chi connectivity index (χ4n) is 4.82. The van der Waals surface area contributed by atoms with E-state index in [4.69, 9.17) is 9.47 Å². The smallest absolute Gasteiger partial charge is 0.295 e. The Balaban J connectivity index is 1.67. The molecule has 4 rings (SSSR count). The van der Waals surface area contributed by atoms with Crippen molar-refractivity contribution in [2.45, 2.75) is 32.9 Å². The molecule has 40 heavy (non-hydrogen) atoms. The predicted octanol–water partition coefficient (Wildman–Crippen LogP) is 5.05. The second kappa shape index (κ2) is 12.7. The third-order valence-electron chi connectivity index (χ3n) is 6.76. The molecule has 0 bridgehead atoms. The highest BCUT2D eigenvalue weighted by Gasteiger charge is 2.46. The van der Waals surface area contributed by atoms with Crippen LogP contribution in [0.3, 0.4) is 0 Å². The normalized spacial score (nSPS) is 16.5. The van der Waals surface area contributed by atoms with Gasteiger partial charge in [0.25, 0.3) is 11.7 Å². The van der Waals surface area contributed by atoms with Crippen molar-refractivity contribution < 1.29 is 29.3 Å². The van der Waals surface area contributed by atoms with E-state index in [2.05, 4.69) is 6.07 Å². The molecule has 2 N–H and O–H groups in total. The van der Waals surface area contributed by atoms with E-state index in [9.17, 15) is 19.8 Å². The van der Waals surface area contributed by atoms with Crippen LogP contribution in [0.2, 0.25) is 0 Å². The third-order valence-corrected chi connectivity index (χ3v) is 6.76. The second-order valence-electron chi connectivity index (χ2n) is 10.1. The number of phenolic OH excluding ortho intramolecular Hbond substituents is 1. The monoisotopic (exact) mass is 544 g/mol. The first-order valence-electron chi connectivity index (χ1n) is 13.4. The van der Waals surface area contributed by atoms with Crippen molar-refractivity contribution in [3.8, 4) is 17.2 Å². The molecule has 1 saturated heterocycles. The first kappa shape index (κ1) is 28.7. The van der Waals surface area contributed by atoms with Gasteiger partial charge in [0.1, 0.15) is 18.1 Å². The minimum Gasteiger partial charge on any atom is -0.507 e. The van der Waals surface area contributed by atoms with Crippen LogP contribution in [0.15, 0.2) is 72.3 Å². The molecule has 1 fully saturated rings. The maximum Gasteiger partial charge on any atom is 0.295 e. The SMILES string of the molecule is CCOc1cc(C2/C(=C(\O)c3ccc(OCc4cccc(C)c4)cc3)C(=O)C(=O)N2CCCN(C)C)ccc1O. The number of rotatable bonds is 11. The summed E-state index contributed by atoms with van der Waals surface area (Å²) in [5.74, 6) is -0.883. The summed E-state index contributed by atoms with van der Waals surface area (Å²) in [5, 5.41) is 21.6. The summed E-state index contributed by atoms with van der Waals surface area (Å²) in [4.78, 5) is 30.0. The van der Waals surface area contributed by atoms with Crippen LogP contribution in [0.1, 0.15) is 41.6 Å². The highest BCUT2D eigenvalue weighted by Crippen LogP contribution is 2.42. The van der Waals surface area contributed by atoms with Crippen molar-refractivity contribution >= 4 is 17.4 Å². The van der Waals surface area contributed by atoms with E-state index < -0.39 is 17.7 Å². The highest BCUT2D eigenvalue weighted by molar-refractivity contribution is 6.46. The Labute approximate surface area is 235 Å². The average molecular weight is 545 g/mol. The molecule has 0 spiro atoms. The van der Waals surface area contributed by atoms with Gasteiger partial charge in [-0.15, -0.1) is 0 Å². The van der Waals surface area contributed by atoms with Gasteiger partial charge in [-0.25, -0.2) is 0 Å². The van der Waals surface area contributed by atoms with E-state index in [-0.39, 0.29) is 22.8 Å². The summed E-state index contributed by atoms with van der Waals surface area (Å²) in [6.07, 6.45) is 0.639. The lowest BCUT2D eigenvalue weighted by Gasteiger charge is -2.26. The van der Waals surface area contributed by atoms with Crippen LogP contribution in [0.25, 0.3) is 5.76 Å². The number of aryl methyl sites for hydroxylation is 1. The largest absolute Gasteiger partial charge is 0.507 e. The number of Topliss-reactive ketones (excluding diaryl/α,β-unsaturated/α-hetero) is 1. The molecule has 0 saturated carbocycles. The second-order valence-corrected chi connectivity index (χ2v) is 10.1. The van der Waals surface area contributed by atoms with E-state index in [1.54, 1.807) is 43.3 Å². The lowest BCUT2D eigenvalue weighted by atomic mass is 9.95. The molecule has 1 aliphatic heterocycles. The molecule has 1 heterocycles. The number of aliphatic hydroxyl groups is 1. The van der Waals surface area contributed by atoms with Gasteiger partial charge in [-0.2, -0.15) is 0 Å². The molecule has 1 amide bonds. The zero-order valence-electron chi connectivity index (χ0n) is 23.4. The van der Waals surface area contributed by atoms with Crippen molar-refractivity contribution in [3.63, 3.8) is 0 Å². The number of aromatic hydroxyl groups is 1. The van der Waals surface area contributed by atoms with Crippen LogP contribution in [0.5, 0.6) is 17.2 Å². The number of phenols is 1. The first-order chi connectivity index (χ1) is 19.2. The first-order valence-corrected chi connectivity index (χ1v) is 13.4. The lowest BCUT2D eigenvalue weighted by Crippen LogP contribution is -2.32. The Morgan fingerprint density at radius 2 is 1.75 bits per heavy atom. The number of aliphatic hydroxyl groups excluding tert-OH is 1. The molecular formula is C32H36N2O6. The molecule has 3 aromatic carbocycles. The number of amides is 1. The number of ketones is 1. The summed E-state index contributed by atoms with van der Waals surface area (Å²) < 4.78 is 11.5. The number of nitrogens with zero attached hydrogens (tertiary/aromatic N) is 2. The quantitative estimate of drug-likeness (QED) is 0.198. The van der Waals surface area contributed by atoms with Gasteiger partial charge < -0.3 is 29.5 Å². The van der Waals surface area contributed by atoms with Gasteiger partial charge >= 0.3 is 0 Å². The number of benzene rings is 3. The Morgan fingerprint density at radius 3 is 2.42 bits per heavy atom. The topological polar surface area (TPSA) is 99.5 Å². The Bertz CT molecular complexity index is 1400. The average Bonchev–Trinajstić information content (AvgIpc) is 3.18. The van der Waals surface area contributed by atoms with Gasteiger partial charge in [0.05, 0.1) is 18.2 Å². The van der Waals surface area contributed by atoms with E-state index >= 15 is 0 Å². The van der Waals surface area contributed by atoms with E-state index in [0.29, 0.717) is 43.1 Å². The van der Waals surface area contributed by atoms with Crippen LogP contribution in [0, 0.1) is 6.92 Å². The third kappa shape index (κ3) is 6.46. The van der Waals surface area contributed by atoms with Crippen molar-refractivity contribution in [1.29, 1.82) is 0 Å². The summed E-state index contributed by atoms with van der Waals surface area (Å²) in [6.45, 7) is 5.59. The van der Waals surface area contributed by atoms with Crippen molar-refractivity contribution in [1.82, 2.24) is 9.80 Å². The molecule has 0 aromatic heterocycles. The van der Waals surface area contributed by atoms with Crippen molar-refractivity contribution in [2.24, 2.45) is 0 Å². The van der Waals surface area contributed by atoms with Gasteiger partial charge in [-0.05, 0) is 88.4 Å². The Kier molecular flexibility index (Phi) is 9.11. The number of hydrogen-bond acceptors (Lipinski definition) is 7. The summed E-state index contributed by atoms with van der Waals surface area (Å²) >= 11 is 0. The molecule has 3 aromatic rings. The van der Waals surface area contributed by atoms with E-state index in [0.717, 1.165) is 17.7 Å². The Morgan fingerprint density at radius 1 is 1.00 bits per heavy atom. The summed E-state index contributed by atoms with van der Waals surface area (Å²) in [7, 11) is 3.88. The molecule has 210 valence electrons. The maximum absolute atomic E-state index is 13.3. The van der Waals surface area contributed by atoms with Crippen molar-refractivity contribution in [3.05, 3.63) is 94.6 Å². The van der Waals surface area contributed by atoms with E-state index in [1.165, 1.54) is 11.0 Å². The zero-order valence-corrected chi connectivity index (χ0v) is 23.4. The highest BCUT2D eigenvalue weighted by atomic mass is 16.5. The van der Waals surface area contributed by atoms with Crippen LogP contribution in [-0.2, 0) is 16.2 Å². The lowest BCUT2D eigenvalue weighted by molar-refractivity contribution is -0.139. The molecule has 1 unspecified atom stereocenters. The summed E-state index contributed by atoms with van der Waals surface area (Å²) in [5.41, 5.74) is 3.14. The number of carbonyl (C=O) groups is 2. The molecular weight excluding hydrogens is 508 g/mol. The van der Waals surface area contributed by atoms with Gasteiger partial charge in [-0.1, -0.05) is 35.9 Å². The molecule has 0 aliphatic carbocycles. The molecule has 1 atom stereocenters. The van der Waals surface area contributed by atoms with Gasteiger partial charge in [0.15, 0.2) is 11.5 Å². The number of hydrogen-bond donors (Lipinski definition) is 2. The number of likely N-dealkylation sites (tertiary alicyclic amines) is 1. The van der Waals surface area contributed by atoms with Crippen LogP contribution in [0.4, 0.5) is 0 Å². The van der Waals surface area contributed by atoms with Crippen LogP contribution >= 0.6 is 0 Å². The standard InChI is InChI=1S/C32H36N2O6/c1-5-39-27-19-24(12-15-26(27)35)29-28(31(37)32(38)34(29)17-7-16-33(3)4)30(36)23-10-13-25(14-11-23)40-20-22-9-6-8-21(2)18-22/h6,8-15,18-19,29,35-36H,5,7,16-17,20H2,1-4H3/b30-28+. The zero-order chi connectivity index (χ0) is 28.8. The van der Waals surface area contributed by atoms with Gasteiger partial charge in [-0.3, -0.25) is 9.59 Å². The predicted molar refractivity (Wildman–Crippen MR) is 153 cm³/mol. The number of ether oxygens (including phenoxy) is 2.